The molecule has 0 nitrogen and oxygen atoms in total. The first-order chi connectivity index (χ1) is 20.4. The van der Waals surface area contributed by atoms with Crippen molar-refractivity contribution in [3.63, 3.8) is 0 Å². The predicted molar refractivity (Wildman–Crippen MR) is 180 cm³/mol. The van der Waals surface area contributed by atoms with Crippen molar-refractivity contribution in [2.24, 2.45) is 11.8 Å². The number of thioether (sulfide) groups is 1. The molecule has 4 aromatic rings. The van der Waals surface area contributed by atoms with Crippen molar-refractivity contribution in [2.45, 2.75) is 64.2 Å². The molecule has 6 rings (SSSR count). The fourth-order valence-electron chi connectivity index (χ4n) is 6.94. The molecule has 1 heteroatoms. The number of benzene rings is 4. The monoisotopic (exact) mass is 554 g/mol. The van der Waals surface area contributed by atoms with Crippen LogP contribution in [0.5, 0.6) is 0 Å². The van der Waals surface area contributed by atoms with Gasteiger partial charge >= 0.3 is 0 Å². The van der Waals surface area contributed by atoms with Crippen LogP contribution in [0, 0.1) is 11.8 Å². The number of hydrogen-bond donors (Lipinski definition) is 0. The summed E-state index contributed by atoms with van der Waals surface area (Å²) in [6.45, 7) is 0. The lowest BCUT2D eigenvalue weighted by Gasteiger charge is -2.31. The van der Waals surface area contributed by atoms with Gasteiger partial charge in [-0.25, -0.2) is 0 Å². The summed E-state index contributed by atoms with van der Waals surface area (Å²) in [5.74, 6) is 1.17. The molecule has 0 bridgehead atoms. The van der Waals surface area contributed by atoms with Crippen molar-refractivity contribution in [2.75, 3.05) is 0 Å². The van der Waals surface area contributed by atoms with Gasteiger partial charge in [0, 0.05) is 9.81 Å². The van der Waals surface area contributed by atoms with Crippen molar-refractivity contribution in [1.29, 1.82) is 0 Å². The minimum Gasteiger partial charge on any atom is -0.0882 e. The largest absolute Gasteiger partial charge is 0.0882 e. The van der Waals surface area contributed by atoms with Crippen LogP contribution in [0.25, 0.3) is 21.0 Å². The first-order valence-electron chi connectivity index (χ1n) is 15.8. The summed E-state index contributed by atoms with van der Waals surface area (Å²) >= 11 is 2.05. The van der Waals surface area contributed by atoms with Gasteiger partial charge in [-0.3, -0.25) is 0 Å². The van der Waals surface area contributed by atoms with Gasteiger partial charge in [0.25, 0.3) is 0 Å². The van der Waals surface area contributed by atoms with Crippen molar-refractivity contribution < 1.29 is 0 Å². The highest BCUT2D eigenvalue weighted by Crippen LogP contribution is 2.52. The Hall–Kier alpha value is -3.29. The minimum atomic E-state index is 0.584. The molecule has 0 unspecified atom stereocenters. The van der Waals surface area contributed by atoms with E-state index in [2.05, 4.69) is 121 Å². The summed E-state index contributed by atoms with van der Waals surface area (Å²) in [5.41, 5.74) is 8.55. The maximum Gasteiger partial charge on any atom is 0.0235 e. The second-order valence-corrected chi connectivity index (χ2v) is 12.7. The summed E-state index contributed by atoms with van der Waals surface area (Å²) in [6.07, 6.45) is 13.1. The van der Waals surface area contributed by atoms with E-state index in [0.29, 0.717) is 11.8 Å². The zero-order valence-electron chi connectivity index (χ0n) is 24.2. The Morgan fingerprint density at radius 1 is 0.366 bits per heavy atom. The highest BCUT2D eigenvalue weighted by atomic mass is 32.2. The first kappa shape index (κ1) is 27.9. The quantitative estimate of drug-likeness (QED) is 0.195. The van der Waals surface area contributed by atoms with Crippen molar-refractivity contribution in [3.05, 3.63) is 144 Å². The van der Waals surface area contributed by atoms with Crippen molar-refractivity contribution in [3.8, 4) is 0 Å². The molecule has 0 aromatic heterocycles. The summed E-state index contributed by atoms with van der Waals surface area (Å²) < 4.78 is 0. The highest BCUT2D eigenvalue weighted by Gasteiger charge is 2.28. The first-order valence-corrected chi connectivity index (χ1v) is 16.6. The molecule has 0 radical (unpaired) electrons. The molecular weight excluding hydrogens is 513 g/mol. The highest BCUT2D eigenvalue weighted by molar-refractivity contribution is 8.17. The van der Waals surface area contributed by atoms with Crippen LogP contribution in [-0.2, 0) is 0 Å². The fraction of sp³-hybridized carbons (Fsp3) is 0.300. The van der Waals surface area contributed by atoms with Gasteiger partial charge in [-0.2, -0.15) is 0 Å². The third kappa shape index (κ3) is 6.79. The molecule has 0 saturated heterocycles. The molecule has 0 spiro atoms. The third-order valence-corrected chi connectivity index (χ3v) is 10.3. The summed E-state index contributed by atoms with van der Waals surface area (Å²) in [6, 6.07) is 45.1. The lowest BCUT2D eigenvalue weighted by Crippen LogP contribution is -2.11. The SMILES string of the molecule is c1ccc(/C(S/C(=C(/c2ccccc2)C2CCCCC2)c2ccccc2)=C(\c2ccccc2)C2CCCCC2)cc1. The lowest BCUT2D eigenvalue weighted by atomic mass is 9.80. The van der Waals surface area contributed by atoms with Gasteiger partial charge in [0.05, 0.1) is 0 Å². The third-order valence-electron chi connectivity index (χ3n) is 8.96. The Balaban J connectivity index is 1.62. The van der Waals surface area contributed by atoms with E-state index in [4.69, 9.17) is 0 Å². The minimum absolute atomic E-state index is 0.584. The van der Waals surface area contributed by atoms with Gasteiger partial charge in [0.15, 0.2) is 0 Å². The molecule has 41 heavy (non-hydrogen) atoms. The fourth-order valence-corrected chi connectivity index (χ4v) is 8.44. The van der Waals surface area contributed by atoms with Crippen LogP contribution in [0.2, 0.25) is 0 Å². The van der Waals surface area contributed by atoms with Gasteiger partial charge < -0.3 is 0 Å². The molecule has 0 amide bonds. The molecule has 0 heterocycles. The topological polar surface area (TPSA) is 0 Å². The Kier molecular flexibility index (Phi) is 9.55. The van der Waals surface area contributed by atoms with E-state index >= 15 is 0 Å². The molecule has 2 aliphatic carbocycles. The second-order valence-electron chi connectivity index (χ2n) is 11.7. The van der Waals surface area contributed by atoms with E-state index in [-0.39, 0.29) is 0 Å². The molecule has 0 N–H and O–H groups in total. The van der Waals surface area contributed by atoms with Gasteiger partial charge in [0.1, 0.15) is 0 Å². The second kappa shape index (κ2) is 14.1. The van der Waals surface area contributed by atoms with E-state index < -0.39 is 0 Å². The maximum atomic E-state index is 2.35. The van der Waals surface area contributed by atoms with Crippen LogP contribution in [0.1, 0.15) is 86.5 Å². The van der Waals surface area contributed by atoms with Gasteiger partial charge in [-0.1, -0.05) is 172 Å². The average molecular weight is 555 g/mol. The summed E-state index contributed by atoms with van der Waals surface area (Å²) in [4.78, 5) is 2.87. The maximum absolute atomic E-state index is 2.35. The van der Waals surface area contributed by atoms with E-state index in [0.717, 1.165) is 0 Å². The Morgan fingerprint density at radius 3 is 0.976 bits per heavy atom. The van der Waals surface area contributed by atoms with Gasteiger partial charge in [-0.05, 0) is 70.9 Å². The molecule has 4 aromatic carbocycles. The number of allylic oxidation sites excluding steroid dienone is 2. The Bertz CT molecular complexity index is 1310. The zero-order valence-corrected chi connectivity index (χ0v) is 25.0. The van der Waals surface area contributed by atoms with E-state index in [1.54, 1.807) is 11.1 Å². The van der Waals surface area contributed by atoms with Crippen LogP contribution < -0.4 is 0 Å². The van der Waals surface area contributed by atoms with Crippen LogP contribution >= 0.6 is 11.8 Å². The standard InChI is InChI=1S/C40H42S/c1-7-19-31(20-8-1)37(32-21-9-2-10-22-32)39(35-27-15-5-16-28-35)41-40(36-29-17-6-18-30-36)38(33-23-11-3-12-24-33)34-25-13-4-14-26-34/h1,3,5-8,11-12,15-20,23-24,27-30,32,34H,2,4,9-10,13-14,21-22,25-26H2/b39-37-,40-38-. The van der Waals surface area contributed by atoms with E-state index in [9.17, 15) is 0 Å². The summed E-state index contributed by atoms with van der Waals surface area (Å²) in [7, 11) is 0. The van der Waals surface area contributed by atoms with Crippen molar-refractivity contribution in [1.82, 2.24) is 0 Å². The van der Waals surface area contributed by atoms with Gasteiger partial charge in [0.2, 0.25) is 0 Å². The van der Waals surface area contributed by atoms with E-state index in [1.807, 2.05) is 11.8 Å². The van der Waals surface area contributed by atoms with Crippen LogP contribution in [0.4, 0.5) is 0 Å². The summed E-state index contributed by atoms with van der Waals surface area (Å²) in [5, 5.41) is 0. The zero-order chi connectivity index (χ0) is 27.7. The van der Waals surface area contributed by atoms with Crippen LogP contribution in [0.15, 0.2) is 121 Å². The normalized spacial score (nSPS) is 18.0. The lowest BCUT2D eigenvalue weighted by molar-refractivity contribution is 0.430. The molecule has 0 aliphatic heterocycles. The Labute approximate surface area is 251 Å². The molecular formula is C40H42S. The molecule has 2 aliphatic rings. The molecule has 2 fully saturated rings. The number of hydrogen-bond acceptors (Lipinski definition) is 1. The van der Waals surface area contributed by atoms with Crippen LogP contribution in [0.3, 0.4) is 0 Å². The smallest absolute Gasteiger partial charge is 0.0235 e. The predicted octanol–water partition coefficient (Wildman–Crippen LogP) is 12.0. The van der Waals surface area contributed by atoms with Crippen LogP contribution in [-0.4, -0.2) is 0 Å². The average Bonchev–Trinajstić information content (AvgIpc) is 3.07. The van der Waals surface area contributed by atoms with Gasteiger partial charge in [-0.15, -0.1) is 0 Å². The Morgan fingerprint density at radius 2 is 0.659 bits per heavy atom. The molecule has 0 atom stereocenters. The number of rotatable bonds is 8. The van der Waals surface area contributed by atoms with Crippen molar-refractivity contribution >= 4 is 32.7 Å². The molecule has 208 valence electrons. The molecule has 2 saturated carbocycles. The van der Waals surface area contributed by atoms with E-state index in [1.165, 1.54) is 96.3 Å².